The highest BCUT2D eigenvalue weighted by Crippen LogP contribution is 2.17. The van der Waals surface area contributed by atoms with Crippen molar-refractivity contribution in [1.82, 2.24) is 9.55 Å². The maximum Gasteiger partial charge on any atom is 0.123 e. The van der Waals surface area contributed by atoms with Gasteiger partial charge in [-0.05, 0) is 35.9 Å². The molecule has 0 aliphatic heterocycles. The van der Waals surface area contributed by atoms with E-state index in [1.165, 1.54) is 12.1 Å². The van der Waals surface area contributed by atoms with Crippen LogP contribution in [-0.4, -0.2) is 9.55 Å². The molecule has 0 bridgehead atoms. The molecule has 0 saturated carbocycles. The van der Waals surface area contributed by atoms with Crippen LogP contribution in [0.25, 0.3) is 11.0 Å². The Morgan fingerprint density at radius 1 is 1.11 bits per heavy atom. The first-order valence-electron chi connectivity index (χ1n) is 5.67. The van der Waals surface area contributed by atoms with Crippen LogP contribution in [0.4, 0.5) is 10.1 Å². The van der Waals surface area contributed by atoms with Crippen molar-refractivity contribution >= 4 is 16.7 Å². The van der Waals surface area contributed by atoms with Crippen molar-refractivity contribution in [2.24, 2.45) is 0 Å². The van der Waals surface area contributed by atoms with Crippen LogP contribution in [0.2, 0.25) is 0 Å². The molecule has 2 aromatic carbocycles. The lowest BCUT2D eigenvalue weighted by Gasteiger charge is -2.04. The van der Waals surface area contributed by atoms with Gasteiger partial charge in [-0.3, -0.25) is 0 Å². The monoisotopic (exact) mass is 241 g/mol. The van der Waals surface area contributed by atoms with E-state index in [0.29, 0.717) is 12.2 Å². The molecule has 3 aromatic rings. The number of fused-ring (bicyclic) bond motifs is 1. The fourth-order valence-corrected chi connectivity index (χ4v) is 1.99. The first-order chi connectivity index (χ1) is 8.72. The third kappa shape index (κ3) is 1.93. The van der Waals surface area contributed by atoms with Gasteiger partial charge in [0, 0.05) is 12.2 Å². The third-order valence-electron chi connectivity index (χ3n) is 2.91. The Morgan fingerprint density at radius 3 is 2.67 bits per heavy atom. The molecule has 0 aliphatic rings. The van der Waals surface area contributed by atoms with Crippen molar-refractivity contribution in [3.05, 3.63) is 60.2 Å². The number of nitrogens with zero attached hydrogens (tertiary/aromatic N) is 2. The maximum absolute atomic E-state index is 12.8. The maximum atomic E-state index is 12.8. The van der Waals surface area contributed by atoms with Gasteiger partial charge in [0.2, 0.25) is 0 Å². The van der Waals surface area contributed by atoms with Crippen LogP contribution < -0.4 is 5.73 Å². The predicted molar refractivity (Wildman–Crippen MR) is 69.6 cm³/mol. The first kappa shape index (κ1) is 10.8. The van der Waals surface area contributed by atoms with Crippen molar-refractivity contribution < 1.29 is 4.39 Å². The summed E-state index contributed by atoms with van der Waals surface area (Å²) >= 11 is 0. The Bertz CT molecular complexity index is 686. The highest BCUT2D eigenvalue weighted by Gasteiger charge is 2.03. The highest BCUT2D eigenvalue weighted by atomic mass is 19.1. The van der Waals surface area contributed by atoms with Crippen LogP contribution in [0, 0.1) is 5.82 Å². The minimum Gasteiger partial charge on any atom is -0.399 e. The van der Waals surface area contributed by atoms with Gasteiger partial charge in [-0.1, -0.05) is 12.1 Å². The average Bonchev–Trinajstić information content (AvgIpc) is 2.74. The van der Waals surface area contributed by atoms with E-state index in [2.05, 4.69) is 4.98 Å². The summed E-state index contributed by atoms with van der Waals surface area (Å²) in [7, 11) is 0. The van der Waals surface area contributed by atoms with Crippen molar-refractivity contribution in [2.75, 3.05) is 5.73 Å². The second-order valence-corrected chi connectivity index (χ2v) is 4.25. The molecule has 2 N–H and O–H groups in total. The van der Waals surface area contributed by atoms with Crippen molar-refractivity contribution in [1.29, 1.82) is 0 Å². The normalized spacial score (nSPS) is 10.9. The fraction of sp³-hybridized carbons (Fsp3) is 0.0714. The molecule has 0 amide bonds. The Labute approximate surface area is 104 Å². The van der Waals surface area contributed by atoms with Crippen LogP contribution in [-0.2, 0) is 6.54 Å². The number of benzene rings is 2. The molecule has 4 heteroatoms. The number of rotatable bonds is 2. The van der Waals surface area contributed by atoms with Gasteiger partial charge in [-0.15, -0.1) is 0 Å². The standard InChI is InChI=1S/C14H12FN3/c15-11-3-1-10(2-4-11)8-18-9-17-13-7-12(16)5-6-14(13)18/h1-7,9H,8,16H2. The number of imidazole rings is 1. The summed E-state index contributed by atoms with van der Waals surface area (Å²) in [5, 5.41) is 0. The van der Waals surface area contributed by atoms with E-state index in [1.54, 1.807) is 18.5 Å². The topological polar surface area (TPSA) is 43.8 Å². The van der Waals surface area contributed by atoms with Crippen LogP contribution in [0.3, 0.4) is 0 Å². The molecule has 3 nitrogen and oxygen atoms in total. The molecule has 1 heterocycles. The summed E-state index contributed by atoms with van der Waals surface area (Å²) in [5.74, 6) is -0.220. The molecule has 0 spiro atoms. The Morgan fingerprint density at radius 2 is 1.89 bits per heavy atom. The minimum atomic E-state index is -0.220. The number of nitrogen functional groups attached to an aromatic ring is 1. The average molecular weight is 241 g/mol. The quantitative estimate of drug-likeness (QED) is 0.701. The minimum absolute atomic E-state index is 0.220. The van der Waals surface area contributed by atoms with Crippen molar-refractivity contribution in [3.63, 3.8) is 0 Å². The van der Waals surface area contributed by atoms with E-state index in [1.807, 2.05) is 22.8 Å². The molecule has 90 valence electrons. The van der Waals surface area contributed by atoms with E-state index in [-0.39, 0.29) is 5.82 Å². The summed E-state index contributed by atoms with van der Waals surface area (Å²) < 4.78 is 14.8. The van der Waals surface area contributed by atoms with E-state index in [4.69, 9.17) is 5.73 Å². The van der Waals surface area contributed by atoms with Crippen LogP contribution in [0.15, 0.2) is 48.8 Å². The van der Waals surface area contributed by atoms with Crippen molar-refractivity contribution in [2.45, 2.75) is 6.54 Å². The van der Waals surface area contributed by atoms with Gasteiger partial charge >= 0.3 is 0 Å². The lowest BCUT2D eigenvalue weighted by Crippen LogP contribution is -1.98. The van der Waals surface area contributed by atoms with Gasteiger partial charge in [0.15, 0.2) is 0 Å². The summed E-state index contributed by atoms with van der Waals surface area (Å²) in [6, 6.07) is 12.1. The molecule has 0 saturated heterocycles. The smallest absolute Gasteiger partial charge is 0.123 e. The summed E-state index contributed by atoms with van der Waals surface area (Å²) in [4.78, 5) is 4.30. The summed E-state index contributed by atoms with van der Waals surface area (Å²) in [6.45, 7) is 0.667. The van der Waals surface area contributed by atoms with Gasteiger partial charge in [-0.2, -0.15) is 0 Å². The predicted octanol–water partition coefficient (Wildman–Crippen LogP) is 2.81. The van der Waals surface area contributed by atoms with Gasteiger partial charge in [0.05, 0.1) is 17.4 Å². The Kier molecular flexibility index (Phi) is 2.48. The molecule has 3 rings (SSSR count). The molecular formula is C14H12FN3. The van der Waals surface area contributed by atoms with E-state index < -0.39 is 0 Å². The molecular weight excluding hydrogens is 229 g/mol. The Hall–Kier alpha value is -2.36. The number of hydrogen-bond acceptors (Lipinski definition) is 2. The van der Waals surface area contributed by atoms with E-state index in [0.717, 1.165) is 16.6 Å². The zero-order chi connectivity index (χ0) is 12.5. The lowest BCUT2D eigenvalue weighted by molar-refractivity contribution is 0.626. The molecule has 1 aromatic heterocycles. The Balaban J connectivity index is 1.97. The number of halogens is 1. The highest BCUT2D eigenvalue weighted by molar-refractivity contribution is 5.79. The van der Waals surface area contributed by atoms with E-state index in [9.17, 15) is 4.39 Å². The summed E-state index contributed by atoms with van der Waals surface area (Å²) in [6.07, 6.45) is 1.77. The van der Waals surface area contributed by atoms with Gasteiger partial charge in [-0.25, -0.2) is 9.37 Å². The fourth-order valence-electron chi connectivity index (χ4n) is 1.99. The largest absolute Gasteiger partial charge is 0.399 e. The molecule has 0 radical (unpaired) electrons. The molecule has 0 fully saturated rings. The van der Waals surface area contributed by atoms with E-state index >= 15 is 0 Å². The molecule has 0 aliphatic carbocycles. The van der Waals surface area contributed by atoms with Gasteiger partial charge in [0.1, 0.15) is 5.82 Å². The second-order valence-electron chi connectivity index (χ2n) is 4.25. The number of anilines is 1. The zero-order valence-electron chi connectivity index (χ0n) is 9.68. The van der Waals surface area contributed by atoms with Crippen molar-refractivity contribution in [3.8, 4) is 0 Å². The first-order valence-corrected chi connectivity index (χ1v) is 5.67. The van der Waals surface area contributed by atoms with Crippen LogP contribution in [0.1, 0.15) is 5.56 Å². The summed E-state index contributed by atoms with van der Waals surface area (Å²) in [5.41, 5.74) is 9.34. The molecule has 0 atom stereocenters. The van der Waals surface area contributed by atoms with Gasteiger partial charge in [0.25, 0.3) is 0 Å². The molecule has 0 unspecified atom stereocenters. The van der Waals surface area contributed by atoms with Crippen LogP contribution in [0.5, 0.6) is 0 Å². The number of nitrogens with two attached hydrogens (primary N) is 1. The second kappa shape index (κ2) is 4.14. The third-order valence-corrected chi connectivity index (χ3v) is 2.91. The zero-order valence-corrected chi connectivity index (χ0v) is 9.68. The molecule has 18 heavy (non-hydrogen) atoms. The lowest BCUT2D eigenvalue weighted by atomic mass is 10.2. The SMILES string of the molecule is Nc1ccc2c(c1)ncn2Cc1ccc(F)cc1. The van der Waals surface area contributed by atoms with Crippen LogP contribution >= 0.6 is 0 Å². The number of hydrogen-bond donors (Lipinski definition) is 1. The number of aromatic nitrogens is 2. The van der Waals surface area contributed by atoms with Gasteiger partial charge < -0.3 is 10.3 Å².